The van der Waals surface area contributed by atoms with Gasteiger partial charge in [0.05, 0.1) is 11.7 Å². The molecular weight excluding hydrogens is 499 g/mol. The van der Waals surface area contributed by atoms with E-state index in [1.165, 1.54) is 16.8 Å². The van der Waals surface area contributed by atoms with Gasteiger partial charge in [0.1, 0.15) is 12.4 Å². The van der Waals surface area contributed by atoms with Crippen LogP contribution in [0.25, 0.3) is 0 Å². The number of benzene rings is 4. The molecule has 2 aliphatic rings. The number of anilines is 1. The van der Waals surface area contributed by atoms with Crippen LogP contribution in [0.1, 0.15) is 40.6 Å². The minimum atomic E-state index is 0.272. The first-order valence-electron chi connectivity index (χ1n) is 12.5. The highest BCUT2D eigenvalue weighted by Crippen LogP contribution is 2.49. The van der Waals surface area contributed by atoms with Crippen LogP contribution in [-0.4, -0.2) is 6.21 Å². The van der Waals surface area contributed by atoms with Crippen molar-refractivity contribution in [1.29, 1.82) is 0 Å². The molecule has 5 heteroatoms. The van der Waals surface area contributed by atoms with Gasteiger partial charge in [-0.3, -0.25) is 4.99 Å². The smallest absolute Gasteiger partial charge is 0.128 e. The van der Waals surface area contributed by atoms with Gasteiger partial charge in [0.2, 0.25) is 0 Å². The molecule has 0 unspecified atom stereocenters. The molecule has 0 saturated carbocycles. The summed E-state index contributed by atoms with van der Waals surface area (Å²) in [5.74, 6) is 1.72. The second kappa shape index (κ2) is 10.5. The molecule has 0 radical (unpaired) electrons. The standard InChI is InChI=1S/C32H26Cl2N2O/c33-24-12-8-21(9-13-24)20-37-31-17-14-25(34)18-23(31)19-35-26-15-10-22(11-16-26)32-29-6-3-5-27(29)28-4-1-2-7-30(28)36-32/h1-5,7-19,27,29,32,36H,6,20H2/t27-,29-,32-/m0/s1. The molecule has 0 bridgehead atoms. The van der Waals surface area contributed by atoms with Gasteiger partial charge in [0.25, 0.3) is 0 Å². The molecule has 0 saturated heterocycles. The zero-order chi connectivity index (χ0) is 25.2. The number of aliphatic imine (C=N–C) groups is 1. The van der Waals surface area contributed by atoms with Gasteiger partial charge in [0.15, 0.2) is 0 Å². The minimum Gasteiger partial charge on any atom is -0.488 e. The monoisotopic (exact) mass is 524 g/mol. The van der Waals surface area contributed by atoms with E-state index in [1.54, 1.807) is 0 Å². The number of hydrogen-bond donors (Lipinski definition) is 1. The van der Waals surface area contributed by atoms with E-state index in [-0.39, 0.29) is 6.04 Å². The number of nitrogens with one attached hydrogen (secondary N) is 1. The molecule has 0 spiro atoms. The molecule has 0 amide bonds. The number of rotatable bonds is 6. The van der Waals surface area contributed by atoms with Gasteiger partial charge in [-0.25, -0.2) is 0 Å². The third-order valence-electron chi connectivity index (χ3n) is 7.16. The molecule has 6 rings (SSSR count). The molecule has 0 aromatic heterocycles. The molecular formula is C32H26Cl2N2O. The maximum absolute atomic E-state index is 6.28. The van der Waals surface area contributed by atoms with E-state index in [0.29, 0.717) is 28.5 Å². The fraction of sp³-hybridized carbons (Fsp3) is 0.156. The van der Waals surface area contributed by atoms with Crippen LogP contribution in [0.15, 0.2) is 108 Å². The van der Waals surface area contributed by atoms with Crippen molar-refractivity contribution in [3.63, 3.8) is 0 Å². The lowest BCUT2D eigenvalue weighted by Gasteiger charge is -2.37. The van der Waals surface area contributed by atoms with Gasteiger partial charge >= 0.3 is 0 Å². The Morgan fingerprint density at radius 3 is 2.51 bits per heavy atom. The number of allylic oxidation sites excluding steroid dienone is 2. The van der Waals surface area contributed by atoms with Crippen LogP contribution in [0.3, 0.4) is 0 Å². The lowest BCUT2D eigenvalue weighted by Crippen LogP contribution is -2.28. The summed E-state index contributed by atoms with van der Waals surface area (Å²) in [6.07, 6.45) is 7.59. The summed E-state index contributed by atoms with van der Waals surface area (Å²) in [6, 6.07) is 30.6. The molecule has 4 aromatic rings. The quantitative estimate of drug-likeness (QED) is 0.201. The molecule has 1 N–H and O–H groups in total. The zero-order valence-corrected chi connectivity index (χ0v) is 21.7. The highest BCUT2D eigenvalue weighted by atomic mass is 35.5. The highest BCUT2D eigenvalue weighted by molar-refractivity contribution is 6.31. The van der Waals surface area contributed by atoms with Gasteiger partial charge in [-0.1, -0.05) is 77.8 Å². The number of nitrogens with zero attached hydrogens (tertiary/aromatic N) is 1. The Morgan fingerprint density at radius 2 is 1.68 bits per heavy atom. The van der Waals surface area contributed by atoms with Crippen LogP contribution in [0.4, 0.5) is 11.4 Å². The summed E-state index contributed by atoms with van der Waals surface area (Å²) in [5, 5.41) is 5.13. The first-order chi connectivity index (χ1) is 18.1. The van der Waals surface area contributed by atoms with Crippen LogP contribution in [-0.2, 0) is 6.61 Å². The fourth-order valence-corrected chi connectivity index (χ4v) is 5.59. The topological polar surface area (TPSA) is 33.6 Å². The van der Waals surface area contributed by atoms with Gasteiger partial charge in [-0.2, -0.15) is 0 Å². The van der Waals surface area contributed by atoms with Crippen molar-refractivity contribution in [2.24, 2.45) is 10.9 Å². The van der Waals surface area contributed by atoms with Crippen LogP contribution in [0.5, 0.6) is 5.75 Å². The van der Waals surface area contributed by atoms with E-state index >= 15 is 0 Å². The summed E-state index contributed by atoms with van der Waals surface area (Å²) in [5.41, 5.74) is 6.66. The van der Waals surface area contributed by atoms with Crippen LogP contribution in [0.2, 0.25) is 10.0 Å². The van der Waals surface area contributed by atoms with Gasteiger partial charge in [-0.05, 0) is 77.6 Å². The number of hydrogen-bond acceptors (Lipinski definition) is 3. The van der Waals surface area contributed by atoms with E-state index in [1.807, 2.05) is 48.7 Å². The third-order valence-corrected chi connectivity index (χ3v) is 7.64. The Kier molecular flexibility index (Phi) is 6.73. The maximum atomic E-state index is 6.28. The van der Waals surface area contributed by atoms with E-state index < -0.39 is 0 Å². The van der Waals surface area contributed by atoms with Crippen molar-refractivity contribution < 1.29 is 4.74 Å². The molecule has 37 heavy (non-hydrogen) atoms. The summed E-state index contributed by atoms with van der Waals surface area (Å²) in [4.78, 5) is 4.72. The van der Waals surface area contributed by atoms with Crippen molar-refractivity contribution >= 4 is 40.8 Å². The van der Waals surface area contributed by atoms with Crippen molar-refractivity contribution in [1.82, 2.24) is 0 Å². The first-order valence-corrected chi connectivity index (χ1v) is 13.2. The van der Waals surface area contributed by atoms with Crippen molar-refractivity contribution in [3.8, 4) is 5.75 Å². The second-order valence-electron chi connectivity index (χ2n) is 9.51. The number of ether oxygens (including phenoxy) is 1. The maximum Gasteiger partial charge on any atom is 0.128 e. The van der Waals surface area contributed by atoms with Crippen molar-refractivity contribution in [2.75, 3.05) is 5.32 Å². The lowest BCUT2D eigenvalue weighted by molar-refractivity contribution is 0.306. The SMILES string of the molecule is Clc1ccc(COc2ccc(Cl)cc2C=Nc2ccc([C@@H]3Nc4ccccc4[C@@H]4C=CC[C@@H]43)cc2)cc1. The molecule has 1 heterocycles. The Bertz CT molecular complexity index is 1460. The van der Waals surface area contributed by atoms with Crippen molar-refractivity contribution in [2.45, 2.75) is 25.0 Å². The van der Waals surface area contributed by atoms with E-state index in [2.05, 4.69) is 66.0 Å². The Morgan fingerprint density at radius 1 is 0.892 bits per heavy atom. The van der Waals surface area contributed by atoms with E-state index in [4.69, 9.17) is 32.9 Å². The average Bonchev–Trinajstić information content (AvgIpc) is 3.43. The van der Waals surface area contributed by atoms with Crippen molar-refractivity contribution in [3.05, 3.63) is 135 Å². The van der Waals surface area contributed by atoms with Gasteiger partial charge < -0.3 is 10.1 Å². The Balaban J connectivity index is 1.18. The van der Waals surface area contributed by atoms with Crippen LogP contribution >= 0.6 is 23.2 Å². The average molecular weight is 525 g/mol. The molecule has 4 aromatic carbocycles. The summed E-state index contributed by atoms with van der Waals surface area (Å²) in [7, 11) is 0. The normalized spacial score (nSPS) is 19.9. The van der Waals surface area contributed by atoms with Crippen LogP contribution < -0.4 is 10.1 Å². The van der Waals surface area contributed by atoms with Gasteiger partial charge in [-0.15, -0.1) is 0 Å². The minimum absolute atomic E-state index is 0.272. The summed E-state index contributed by atoms with van der Waals surface area (Å²) in [6.45, 7) is 0.433. The summed E-state index contributed by atoms with van der Waals surface area (Å²) < 4.78 is 6.07. The molecule has 0 fully saturated rings. The third kappa shape index (κ3) is 5.16. The predicted octanol–water partition coefficient (Wildman–Crippen LogP) is 9.15. The van der Waals surface area contributed by atoms with Gasteiger partial charge in [0, 0.05) is 33.4 Å². The molecule has 1 aliphatic heterocycles. The molecule has 3 atom stereocenters. The lowest BCUT2D eigenvalue weighted by atomic mass is 9.77. The Labute approximate surface area is 227 Å². The Hall–Kier alpha value is -3.53. The zero-order valence-electron chi connectivity index (χ0n) is 20.1. The fourth-order valence-electron chi connectivity index (χ4n) is 5.28. The molecule has 1 aliphatic carbocycles. The largest absolute Gasteiger partial charge is 0.488 e. The first kappa shape index (κ1) is 23.8. The second-order valence-corrected chi connectivity index (χ2v) is 10.4. The molecule has 184 valence electrons. The predicted molar refractivity (Wildman–Crippen MR) is 154 cm³/mol. The number of halogens is 2. The van der Waals surface area contributed by atoms with Crippen LogP contribution in [0, 0.1) is 5.92 Å². The van der Waals surface area contributed by atoms with E-state index in [0.717, 1.165) is 29.0 Å². The van der Waals surface area contributed by atoms with E-state index in [9.17, 15) is 0 Å². The number of fused-ring (bicyclic) bond motifs is 3. The summed E-state index contributed by atoms with van der Waals surface area (Å²) >= 11 is 12.3. The molecule has 3 nitrogen and oxygen atoms in total. The number of para-hydroxylation sites is 1. The highest BCUT2D eigenvalue weighted by Gasteiger charge is 2.37.